The molecule has 0 radical (unpaired) electrons. The summed E-state index contributed by atoms with van der Waals surface area (Å²) in [6.07, 6.45) is 3.69. The number of aryl methyl sites for hydroxylation is 3. The Morgan fingerprint density at radius 2 is 2.18 bits per heavy atom. The summed E-state index contributed by atoms with van der Waals surface area (Å²) in [4.78, 5) is 0.998. The van der Waals surface area contributed by atoms with Crippen molar-refractivity contribution in [1.82, 2.24) is 19.6 Å². The van der Waals surface area contributed by atoms with Gasteiger partial charge >= 0.3 is 0 Å². The Morgan fingerprint density at radius 1 is 1.47 bits per heavy atom. The Kier molecular flexibility index (Phi) is 2.93. The topological polar surface area (TPSA) is 85.5 Å². The molecule has 2 heterocycles. The molecule has 90 valence electrons. The van der Waals surface area contributed by atoms with Crippen molar-refractivity contribution < 1.29 is 0 Å². The highest BCUT2D eigenvalue weighted by atomic mass is 32.2. The minimum Gasteiger partial charge on any atom is -0.384 e. The van der Waals surface area contributed by atoms with Crippen LogP contribution in [0.3, 0.4) is 0 Å². The second-order valence-corrected chi connectivity index (χ2v) is 4.82. The number of aromatic nitrogens is 4. The van der Waals surface area contributed by atoms with Gasteiger partial charge in [0.25, 0.3) is 0 Å². The van der Waals surface area contributed by atoms with Gasteiger partial charge < -0.3 is 5.73 Å². The SMILES string of the molecule is Cc1nn(C)c(Sc2cnn(C)c2)c1C(=N)N. The first kappa shape index (κ1) is 11.7. The van der Waals surface area contributed by atoms with Gasteiger partial charge in [0.05, 0.1) is 22.3 Å². The van der Waals surface area contributed by atoms with Crippen molar-refractivity contribution in [3.05, 3.63) is 23.7 Å². The molecule has 0 spiro atoms. The molecule has 0 saturated carbocycles. The van der Waals surface area contributed by atoms with Crippen LogP contribution in [0.5, 0.6) is 0 Å². The Bertz CT molecular complexity index is 567. The molecule has 3 N–H and O–H groups in total. The van der Waals surface area contributed by atoms with Gasteiger partial charge in [-0.2, -0.15) is 10.2 Å². The van der Waals surface area contributed by atoms with E-state index < -0.39 is 0 Å². The van der Waals surface area contributed by atoms with E-state index in [9.17, 15) is 0 Å². The van der Waals surface area contributed by atoms with Crippen LogP contribution in [0.1, 0.15) is 11.3 Å². The standard InChI is InChI=1S/C10H14N6S/c1-6-8(9(11)12)10(16(3)14-6)17-7-4-13-15(2)5-7/h4-5H,1-3H3,(H3,11,12). The van der Waals surface area contributed by atoms with Crippen molar-refractivity contribution in [2.45, 2.75) is 16.8 Å². The molecule has 7 heteroatoms. The van der Waals surface area contributed by atoms with Crippen molar-refractivity contribution in [3.63, 3.8) is 0 Å². The van der Waals surface area contributed by atoms with E-state index in [-0.39, 0.29) is 5.84 Å². The molecule has 2 rings (SSSR count). The van der Waals surface area contributed by atoms with Gasteiger partial charge in [-0.25, -0.2) is 0 Å². The zero-order valence-corrected chi connectivity index (χ0v) is 10.7. The van der Waals surface area contributed by atoms with Crippen LogP contribution < -0.4 is 5.73 Å². The highest BCUT2D eigenvalue weighted by molar-refractivity contribution is 7.99. The third kappa shape index (κ3) is 2.19. The summed E-state index contributed by atoms with van der Waals surface area (Å²) < 4.78 is 3.47. The molecule has 0 amide bonds. The predicted octanol–water partition coefficient (Wildman–Crippen LogP) is 0.897. The molecular formula is C10H14N6S. The molecule has 2 aromatic heterocycles. The van der Waals surface area contributed by atoms with Crippen LogP contribution in [-0.4, -0.2) is 25.4 Å². The molecule has 2 aromatic rings. The number of nitrogens with zero attached hydrogens (tertiary/aromatic N) is 4. The fourth-order valence-electron chi connectivity index (χ4n) is 1.63. The number of nitrogens with one attached hydrogen (secondary N) is 1. The highest BCUT2D eigenvalue weighted by Crippen LogP contribution is 2.30. The van der Waals surface area contributed by atoms with Gasteiger partial charge in [-0.15, -0.1) is 0 Å². The minimum atomic E-state index is 0.0435. The smallest absolute Gasteiger partial charge is 0.127 e. The Balaban J connectivity index is 2.41. The monoisotopic (exact) mass is 250 g/mol. The van der Waals surface area contributed by atoms with Gasteiger partial charge in [0.2, 0.25) is 0 Å². The Morgan fingerprint density at radius 3 is 2.71 bits per heavy atom. The van der Waals surface area contributed by atoms with Crippen LogP contribution in [0.25, 0.3) is 0 Å². The number of hydrogen-bond donors (Lipinski definition) is 2. The number of hydrogen-bond acceptors (Lipinski definition) is 4. The van der Waals surface area contributed by atoms with Crippen molar-refractivity contribution in [3.8, 4) is 0 Å². The second-order valence-electron chi connectivity index (χ2n) is 3.75. The summed E-state index contributed by atoms with van der Waals surface area (Å²) in [6.45, 7) is 1.85. The van der Waals surface area contributed by atoms with Crippen LogP contribution >= 0.6 is 11.8 Å². The first-order valence-corrected chi connectivity index (χ1v) is 5.85. The summed E-state index contributed by atoms with van der Waals surface area (Å²) in [5.41, 5.74) is 7.05. The zero-order chi connectivity index (χ0) is 12.6. The predicted molar refractivity (Wildman–Crippen MR) is 66.3 cm³/mol. The largest absolute Gasteiger partial charge is 0.384 e. The lowest BCUT2D eigenvalue weighted by molar-refractivity contribution is 0.692. The first-order valence-electron chi connectivity index (χ1n) is 5.03. The molecule has 0 aliphatic rings. The Labute approximate surface area is 103 Å². The van der Waals surface area contributed by atoms with Crippen molar-refractivity contribution >= 4 is 17.6 Å². The van der Waals surface area contributed by atoms with Gasteiger partial charge in [0.15, 0.2) is 0 Å². The lowest BCUT2D eigenvalue weighted by Crippen LogP contribution is -2.13. The summed E-state index contributed by atoms with van der Waals surface area (Å²) in [6, 6.07) is 0. The van der Waals surface area contributed by atoms with E-state index in [1.54, 1.807) is 15.6 Å². The van der Waals surface area contributed by atoms with Gasteiger partial charge in [0, 0.05) is 20.3 Å². The van der Waals surface area contributed by atoms with Crippen LogP contribution in [0.2, 0.25) is 0 Å². The van der Waals surface area contributed by atoms with E-state index in [2.05, 4.69) is 10.2 Å². The number of nitrogen functional groups attached to an aromatic ring is 1. The molecule has 0 unspecified atom stereocenters. The molecule has 0 aromatic carbocycles. The normalized spacial score (nSPS) is 10.8. The lowest BCUT2D eigenvalue weighted by Gasteiger charge is -2.02. The molecule has 0 saturated heterocycles. The molecule has 0 aliphatic carbocycles. The van der Waals surface area contributed by atoms with Gasteiger partial charge in [-0.05, 0) is 6.92 Å². The van der Waals surface area contributed by atoms with E-state index >= 15 is 0 Å². The van der Waals surface area contributed by atoms with E-state index in [1.165, 1.54) is 11.8 Å². The maximum Gasteiger partial charge on any atom is 0.127 e. The fourth-order valence-corrected chi connectivity index (χ4v) is 2.69. The van der Waals surface area contributed by atoms with E-state index in [4.69, 9.17) is 11.1 Å². The zero-order valence-electron chi connectivity index (χ0n) is 9.93. The van der Waals surface area contributed by atoms with Crippen molar-refractivity contribution in [2.24, 2.45) is 19.8 Å². The van der Waals surface area contributed by atoms with Crippen LogP contribution in [0.15, 0.2) is 22.3 Å². The minimum absolute atomic E-state index is 0.0435. The molecule has 6 nitrogen and oxygen atoms in total. The number of amidine groups is 1. The van der Waals surface area contributed by atoms with Crippen LogP contribution in [0.4, 0.5) is 0 Å². The van der Waals surface area contributed by atoms with Gasteiger partial charge in [-0.3, -0.25) is 14.8 Å². The third-order valence-corrected chi connectivity index (χ3v) is 3.44. The fraction of sp³-hybridized carbons (Fsp3) is 0.300. The summed E-state index contributed by atoms with van der Waals surface area (Å²) in [7, 11) is 3.71. The van der Waals surface area contributed by atoms with Crippen LogP contribution in [-0.2, 0) is 14.1 Å². The summed E-state index contributed by atoms with van der Waals surface area (Å²) in [5, 5.41) is 16.8. The summed E-state index contributed by atoms with van der Waals surface area (Å²) in [5.74, 6) is 0.0435. The van der Waals surface area contributed by atoms with Gasteiger partial charge in [0.1, 0.15) is 10.9 Å². The molecule has 0 bridgehead atoms. The van der Waals surface area contributed by atoms with Crippen molar-refractivity contribution in [2.75, 3.05) is 0 Å². The molecular weight excluding hydrogens is 236 g/mol. The maximum atomic E-state index is 7.59. The van der Waals surface area contributed by atoms with E-state index in [0.29, 0.717) is 5.56 Å². The third-order valence-electron chi connectivity index (χ3n) is 2.33. The second kappa shape index (κ2) is 4.25. The maximum absolute atomic E-state index is 7.59. The quantitative estimate of drug-likeness (QED) is 0.626. The first-order chi connectivity index (χ1) is 7.99. The molecule has 0 aliphatic heterocycles. The summed E-state index contributed by atoms with van der Waals surface area (Å²) >= 11 is 1.51. The van der Waals surface area contributed by atoms with Crippen molar-refractivity contribution in [1.29, 1.82) is 5.41 Å². The van der Waals surface area contributed by atoms with Gasteiger partial charge in [-0.1, -0.05) is 11.8 Å². The highest BCUT2D eigenvalue weighted by Gasteiger charge is 2.17. The Hall–Kier alpha value is -1.76. The lowest BCUT2D eigenvalue weighted by atomic mass is 10.2. The van der Waals surface area contributed by atoms with E-state index in [0.717, 1.165) is 15.6 Å². The number of nitrogens with two attached hydrogens (primary N) is 1. The number of rotatable bonds is 3. The molecule has 0 atom stereocenters. The van der Waals surface area contributed by atoms with Crippen LogP contribution in [0, 0.1) is 12.3 Å². The van der Waals surface area contributed by atoms with E-state index in [1.807, 2.05) is 27.2 Å². The molecule has 0 fully saturated rings. The molecule has 17 heavy (non-hydrogen) atoms. The average Bonchev–Trinajstić information content (AvgIpc) is 2.72. The average molecular weight is 250 g/mol.